The summed E-state index contributed by atoms with van der Waals surface area (Å²) >= 11 is 0. The summed E-state index contributed by atoms with van der Waals surface area (Å²) in [6.07, 6.45) is 2.79. The summed E-state index contributed by atoms with van der Waals surface area (Å²) in [6, 6.07) is 1.88. The standard InChI is InChI=1S/C8H12N2O/c1-6-2-7(5-10-4-6)8(11)3-9/h2,4-5,8,11H,3,9H2,1H3/t8-/m0/s1. The van der Waals surface area contributed by atoms with Crippen LogP contribution in [0.1, 0.15) is 17.2 Å². The lowest BCUT2D eigenvalue weighted by Crippen LogP contribution is -2.11. The number of aliphatic hydroxyl groups is 1. The van der Waals surface area contributed by atoms with Gasteiger partial charge in [-0.25, -0.2) is 0 Å². The third-order valence-electron chi connectivity index (χ3n) is 1.50. The Hall–Kier alpha value is -0.930. The number of aromatic nitrogens is 1. The molecule has 1 atom stereocenters. The van der Waals surface area contributed by atoms with Crippen LogP contribution in [0.15, 0.2) is 18.5 Å². The van der Waals surface area contributed by atoms with E-state index in [9.17, 15) is 5.11 Å². The van der Waals surface area contributed by atoms with Gasteiger partial charge in [0, 0.05) is 24.5 Å². The molecule has 0 unspecified atom stereocenters. The van der Waals surface area contributed by atoms with E-state index in [1.165, 1.54) is 0 Å². The Labute approximate surface area is 65.9 Å². The van der Waals surface area contributed by atoms with Crippen LogP contribution in [0.3, 0.4) is 0 Å². The van der Waals surface area contributed by atoms with Crippen molar-refractivity contribution in [3.63, 3.8) is 0 Å². The minimum atomic E-state index is -0.581. The maximum absolute atomic E-state index is 9.29. The Morgan fingerprint density at radius 1 is 1.64 bits per heavy atom. The van der Waals surface area contributed by atoms with Crippen LogP contribution in [0.4, 0.5) is 0 Å². The Morgan fingerprint density at radius 3 is 2.91 bits per heavy atom. The molecule has 3 N–H and O–H groups in total. The van der Waals surface area contributed by atoms with E-state index < -0.39 is 6.10 Å². The molecule has 1 rings (SSSR count). The number of aliphatic hydroxyl groups excluding tert-OH is 1. The number of nitrogens with zero attached hydrogens (tertiary/aromatic N) is 1. The molecule has 3 nitrogen and oxygen atoms in total. The van der Waals surface area contributed by atoms with Crippen LogP contribution in [-0.2, 0) is 0 Å². The molecule has 1 aromatic rings. The summed E-state index contributed by atoms with van der Waals surface area (Å²) in [7, 11) is 0. The molecule has 0 aliphatic carbocycles. The summed E-state index contributed by atoms with van der Waals surface area (Å²) in [5.41, 5.74) is 7.10. The summed E-state index contributed by atoms with van der Waals surface area (Å²) in [4.78, 5) is 3.94. The van der Waals surface area contributed by atoms with E-state index in [0.29, 0.717) is 0 Å². The highest BCUT2D eigenvalue weighted by Gasteiger charge is 2.03. The SMILES string of the molecule is Cc1cncc([C@@H](O)CN)c1. The Balaban J connectivity index is 2.86. The molecule has 0 aliphatic heterocycles. The van der Waals surface area contributed by atoms with E-state index >= 15 is 0 Å². The van der Waals surface area contributed by atoms with Gasteiger partial charge in [-0.05, 0) is 12.5 Å². The molecular formula is C8H12N2O. The van der Waals surface area contributed by atoms with Crippen LogP contribution >= 0.6 is 0 Å². The van der Waals surface area contributed by atoms with E-state index in [1.807, 2.05) is 13.0 Å². The predicted octanol–water partition coefficient (Wildman–Crippen LogP) is 0.382. The number of hydrogen-bond acceptors (Lipinski definition) is 3. The van der Waals surface area contributed by atoms with Gasteiger partial charge in [0.15, 0.2) is 0 Å². The summed E-state index contributed by atoms with van der Waals surface area (Å²) in [6.45, 7) is 2.17. The first-order valence-electron chi connectivity index (χ1n) is 3.53. The second kappa shape index (κ2) is 3.46. The minimum absolute atomic E-state index is 0.241. The average molecular weight is 152 g/mol. The first kappa shape index (κ1) is 8.17. The molecule has 0 saturated heterocycles. The van der Waals surface area contributed by atoms with Crippen molar-refractivity contribution >= 4 is 0 Å². The second-order valence-corrected chi connectivity index (χ2v) is 2.55. The van der Waals surface area contributed by atoms with Crippen molar-refractivity contribution in [1.82, 2.24) is 4.98 Å². The largest absolute Gasteiger partial charge is 0.387 e. The fourth-order valence-corrected chi connectivity index (χ4v) is 0.897. The van der Waals surface area contributed by atoms with Crippen molar-refractivity contribution in [1.29, 1.82) is 0 Å². The summed E-state index contributed by atoms with van der Waals surface area (Å²) in [5, 5.41) is 9.29. The van der Waals surface area contributed by atoms with Gasteiger partial charge in [0.25, 0.3) is 0 Å². The van der Waals surface area contributed by atoms with E-state index in [0.717, 1.165) is 11.1 Å². The molecule has 60 valence electrons. The van der Waals surface area contributed by atoms with Crippen molar-refractivity contribution in [2.24, 2.45) is 5.73 Å². The van der Waals surface area contributed by atoms with Gasteiger partial charge in [-0.3, -0.25) is 4.98 Å². The number of aryl methyl sites for hydroxylation is 1. The van der Waals surface area contributed by atoms with Crippen LogP contribution in [0.2, 0.25) is 0 Å². The Morgan fingerprint density at radius 2 is 2.36 bits per heavy atom. The maximum atomic E-state index is 9.29. The van der Waals surface area contributed by atoms with E-state index in [4.69, 9.17) is 5.73 Å². The van der Waals surface area contributed by atoms with E-state index in [1.54, 1.807) is 12.4 Å². The zero-order valence-corrected chi connectivity index (χ0v) is 6.49. The molecule has 0 saturated carbocycles. The van der Waals surface area contributed by atoms with Crippen molar-refractivity contribution in [3.8, 4) is 0 Å². The van der Waals surface area contributed by atoms with E-state index in [2.05, 4.69) is 4.98 Å². The molecule has 0 spiro atoms. The summed E-state index contributed by atoms with van der Waals surface area (Å²) < 4.78 is 0. The smallest absolute Gasteiger partial charge is 0.0927 e. The molecule has 1 heterocycles. The average Bonchev–Trinajstić information content (AvgIpc) is 2.03. The fourth-order valence-electron chi connectivity index (χ4n) is 0.897. The van der Waals surface area contributed by atoms with Crippen LogP contribution in [0.25, 0.3) is 0 Å². The third kappa shape index (κ3) is 2.00. The maximum Gasteiger partial charge on any atom is 0.0927 e. The second-order valence-electron chi connectivity index (χ2n) is 2.55. The van der Waals surface area contributed by atoms with Gasteiger partial charge in [-0.2, -0.15) is 0 Å². The molecule has 3 heteroatoms. The molecule has 1 aromatic heterocycles. The summed E-state index contributed by atoms with van der Waals surface area (Å²) in [5.74, 6) is 0. The number of rotatable bonds is 2. The van der Waals surface area contributed by atoms with Crippen LogP contribution in [0.5, 0.6) is 0 Å². The molecule has 0 aliphatic rings. The van der Waals surface area contributed by atoms with Gasteiger partial charge in [-0.15, -0.1) is 0 Å². The molecule has 0 radical (unpaired) electrons. The van der Waals surface area contributed by atoms with Crippen molar-refractivity contribution in [3.05, 3.63) is 29.6 Å². The van der Waals surface area contributed by atoms with Gasteiger partial charge < -0.3 is 10.8 Å². The molecule has 11 heavy (non-hydrogen) atoms. The first-order chi connectivity index (χ1) is 5.24. The van der Waals surface area contributed by atoms with Gasteiger partial charge in [0.05, 0.1) is 6.10 Å². The lowest BCUT2D eigenvalue weighted by molar-refractivity contribution is 0.186. The normalized spacial score (nSPS) is 13.0. The quantitative estimate of drug-likeness (QED) is 0.644. The fraction of sp³-hybridized carbons (Fsp3) is 0.375. The topological polar surface area (TPSA) is 59.1 Å². The first-order valence-corrected chi connectivity index (χ1v) is 3.53. The van der Waals surface area contributed by atoms with Crippen molar-refractivity contribution in [2.75, 3.05) is 6.54 Å². The lowest BCUT2D eigenvalue weighted by Gasteiger charge is -2.06. The highest BCUT2D eigenvalue weighted by molar-refractivity contribution is 5.18. The molecule has 0 aromatic carbocycles. The molecular weight excluding hydrogens is 140 g/mol. The highest BCUT2D eigenvalue weighted by Crippen LogP contribution is 2.10. The minimum Gasteiger partial charge on any atom is -0.387 e. The van der Waals surface area contributed by atoms with Gasteiger partial charge in [-0.1, -0.05) is 6.07 Å². The molecule has 0 fully saturated rings. The van der Waals surface area contributed by atoms with Crippen LogP contribution in [0, 0.1) is 6.92 Å². The van der Waals surface area contributed by atoms with Gasteiger partial charge in [0.2, 0.25) is 0 Å². The lowest BCUT2D eigenvalue weighted by atomic mass is 10.1. The van der Waals surface area contributed by atoms with Crippen molar-refractivity contribution < 1.29 is 5.11 Å². The monoisotopic (exact) mass is 152 g/mol. The van der Waals surface area contributed by atoms with Crippen molar-refractivity contribution in [2.45, 2.75) is 13.0 Å². The zero-order valence-electron chi connectivity index (χ0n) is 6.49. The van der Waals surface area contributed by atoms with Gasteiger partial charge in [0.1, 0.15) is 0 Å². The molecule has 0 amide bonds. The Bertz CT molecular complexity index is 237. The Kier molecular flexibility index (Phi) is 2.57. The van der Waals surface area contributed by atoms with E-state index in [-0.39, 0.29) is 6.54 Å². The van der Waals surface area contributed by atoms with Gasteiger partial charge >= 0.3 is 0 Å². The number of hydrogen-bond donors (Lipinski definition) is 2. The number of pyridine rings is 1. The predicted molar refractivity (Wildman–Crippen MR) is 43.0 cm³/mol. The third-order valence-corrected chi connectivity index (χ3v) is 1.50. The van der Waals surface area contributed by atoms with Crippen LogP contribution < -0.4 is 5.73 Å². The number of nitrogens with two attached hydrogens (primary N) is 1. The zero-order chi connectivity index (χ0) is 8.27. The van der Waals surface area contributed by atoms with Crippen LogP contribution in [-0.4, -0.2) is 16.6 Å². The highest BCUT2D eigenvalue weighted by atomic mass is 16.3. The molecule has 0 bridgehead atoms.